The minimum atomic E-state index is -1.08. The summed E-state index contributed by atoms with van der Waals surface area (Å²) >= 11 is 0. The zero-order valence-corrected chi connectivity index (χ0v) is 11.4. The van der Waals surface area contributed by atoms with E-state index in [-0.39, 0.29) is 5.75 Å². The summed E-state index contributed by atoms with van der Waals surface area (Å²) in [5.74, 6) is -2.71. The Morgan fingerprint density at radius 3 is 2.82 bits per heavy atom. The molecule has 0 bridgehead atoms. The molecule has 1 saturated heterocycles. The van der Waals surface area contributed by atoms with Crippen molar-refractivity contribution in [2.45, 2.75) is 18.9 Å². The van der Waals surface area contributed by atoms with E-state index in [1.165, 1.54) is 11.0 Å². The fraction of sp³-hybridized carbons (Fsp3) is 0.385. The van der Waals surface area contributed by atoms with Crippen molar-refractivity contribution >= 4 is 17.6 Å². The third kappa shape index (κ3) is 3.30. The number of carboxylic acids is 1. The van der Waals surface area contributed by atoms with Crippen LogP contribution in [0.4, 0.5) is 10.1 Å². The molecule has 0 radical (unpaired) electrons. The molecule has 1 atom stereocenters. The molecule has 0 spiro atoms. The molecule has 1 amide bonds. The van der Waals surface area contributed by atoms with Crippen LogP contribution in [-0.4, -0.2) is 46.0 Å². The normalized spacial score (nSPS) is 17.3. The standard InChI is InChI=1S/C13H13FN2O6/c14-9-6-8(3-4-10(9)16(20)21)22-7-12(17)15-5-1-2-11(15)13(18)19/h3-4,6,11H,1-2,5,7H2,(H,18,19)/t11-/m0/s1. The van der Waals surface area contributed by atoms with E-state index >= 15 is 0 Å². The number of nitro groups is 1. The number of amides is 1. The molecular weight excluding hydrogens is 299 g/mol. The Morgan fingerprint density at radius 2 is 2.23 bits per heavy atom. The SMILES string of the molecule is O=C(O)[C@@H]1CCCN1C(=O)COc1ccc([N+](=O)[O-])c(F)c1. The van der Waals surface area contributed by atoms with Gasteiger partial charge in [-0.1, -0.05) is 0 Å². The van der Waals surface area contributed by atoms with Crippen LogP contribution in [0.15, 0.2) is 18.2 Å². The van der Waals surface area contributed by atoms with Gasteiger partial charge in [0.1, 0.15) is 11.8 Å². The van der Waals surface area contributed by atoms with Gasteiger partial charge in [0.05, 0.1) is 4.92 Å². The average Bonchev–Trinajstić information content (AvgIpc) is 2.94. The van der Waals surface area contributed by atoms with E-state index < -0.39 is 41.0 Å². The number of nitrogens with zero attached hydrogens (tertiary/aromatic N) is 2. The molecule has 1 aliphatic rings. The lowest BCUT2D eigenvalue weighted by Crippen LogP contribution is -2.42. The molecule has 0 unspecified atom stereocenters. The maximum Gasteiger partial charge on any atom is 0.326 e. The van der Waals surface area contributed by atoms with Crippen LogP contribution in [-0.2, 0) is 9.59 Å². The summed E-state index contributed by atoms with van der Waals surface area (Å²) in [4.78, 5) is 33.7. The lowest BCUT2D eigenvalue weighted by molar-refractivity contribution is -0.387. The first kappa shape index (κ1) is 15.7. The molecular formula is C13H13FN2O6. The molecule has 118 valence electrons. The molecule has 22 heavy (non-hydrogen) atoms. The Bertz CT molecular complexity index is 621. The summed E-state index contributed by atoms with van der Waals surface area (Å²) in [5.41, 5.74) is -0.691. The molecule has 2 rings (SSSR count). The van der Waals surface area contributed by atoms with Crippen LogP contribution < -0.4 is 4.74 Å². The van der Waals surface area contributed by atoms with Gasteiger partial charge in [-0.05, 0) is 18.9 Å². The number of carbonyl (C=O) groups is 2. The van der Waals surface area contributed by atoms with Crippen LogP contribution in [0.3, 0.4) is 0 Å². The molecule has 1 aromatic carbocycles. The van der Waals surface area contributed by atoms with E-state index in [0.717, 1.165) is 12.1 Å². The minimum absolute atomic E-state index is 0.0393. The molecule has 1 fully saturated rings. The largest absolute Gasteiger partial charge is 0.484 e. The van der Waals surface area contributed by atoms with Crippen LogP contribution >= 0.6 is 0 Å². The number of likely N-dealkylation sites (tertiary alicyclic amines) is 1. The number of carboxylic acid groups (broad SMARTS) is 1. The van der Waals surface area contributed by atoms with Gasteiger partial charge in [-0.15, -0.1) is 0 Å². The first-order valence-corrected chi connectivity index (χ1v) is 6.49. The first-order valence-electron chi connectivity index (χ1n) is 6.49. The topological polar surface area (TPSA) is 110 Å². The third-order valence-electron chi connectivity index (χ3n) is 3.34. The Labute approximate surface area is 124 Å². The van der Waals surface area contributed by atoms with E-state index in [1.54, 1.807) is 0 Å². The number of hydrogen-bond acceptors (Lipinski definition) is 5. The number of benzene rings is 1. The number of ether oxygens (including phenoxy) is 1. The van der Waals surface area contributed by atoms with Crippen molar-refractivity contribution in [3.8, 4) is 5.75 Å². The van der Waals surface area contributed by atoms with Crippen LogP contribution in [0.1, 0.15) is 12.8 Å². The van der Waals surface area contributed by atoms with Gasteiger partial charge in [-0.2, -0.15) is 4.39 Å². The van der Waals surface area contributed by atoms with E-state index in [0.29, 0.717) is 19.4 Å². The van der Waals surface area contributed by atoms with Gasteiger partial charge in [0.15, 0.2) is 6.61 Å². The van der Waals surface area contributed by atoms with E-state index in [2.05, 4.69) is 0 Å². The highest BCUT2D eigenvalue weighted by atomic mass is 19.1. The Hall–Kier alpha value is -2.71. The Kier molecular flexibility index (Phi) is 4.54. The van der Waals surface area contributed by atoms with Crippen LogP contribution in [0.5, 0.6) is 5.75 Å². The summed E-state index contributed by atoms with van der Waals surface area (Å²) < 4.78 is 18.5. The van der Waals surface area contributed by atoms with Crippen LogP contribution in [0.25, 0.3) is 0 Å². The Morgan fingerprint density at radius 1 is 1.50 bits per heavy atom. The van der Waals surface area contributed by atoms with Crippen molar-refractivity contribution in [3.05, 3.63) is 34.1 Å². The zero-order chi connectivity index (χ0) is 16.3. The number of aliphatic carboxylic acids is 1. The molecule has 1 aliphatic heterocycles. The molecule has 0 aromatic heterocycles. The summed E-state index contributed by atoms with van der Waals surface area (Å²) in [7, 11) is 0. The van der Waals surface area contributed by atoms with Crippen molar-refractivity contribution < 1.29 is 28.7 Å². The third-order valence-corrected chi connectivity index (χ3v) is 3.34. The molecule has 1 N–H and O–H groups in total. The predicted molar refractivity (Wildman–Crippen MR) is 70.9 cm³/mol. The van der Waals surface area contributed by atoms with Crippen molar-refractivity contribution in [2.75, 3.05) is 13.2 Å². The van der Waals surface area contributed by atoms with Crippen molar-refractivity contribution in [2.24, 2.45) is 0 Å². The van der Waals surface area contributed by atoms with Crippen molar-refractivity contribution in [3.63, 3.8) is 0 Å². The summed E-state index contributed by atoms with van der Waals surface area (Å²) in [6.45, 7) is -0.130. The molecule has 1 heterocycles. The fourth-order valence-electron chi connectivity index (χ4n) is 2.28. The highest BCUT2D eigenvalue weighted by molar-refractivity contribution is 5.85. The number of halogens is 1. The predicted octanol–water partition coefficient (Wildman–Crippen LogP) is 1.19. The van der Waals surface area contributed by atoms with Gasteiger partial charge in [0.2, 0.25) is 5.82 Å². The zero-order valence-electron chi connectivity index (χ0n) is 11.4. The summed E-state index contributed by atoms with van der Waals surface area (Å²) in [6, 6.07) is 2.05. The summed E-state index contributed by atoms with van der Waals surface area (Å²) in [5, 5.41) is 19.5. The molecule has 1 aromatic rings. The quantitative estimate of drug-likeness (QED) is 0.646. The van der Waals surface area contributed by atoms with Gasteiger partial charge >= 0.3 is 11.7 Å². The van der Waals surface area contributed by atoms with Gasteiger partial charge in [0.25, 0.3) is 5.91 Å². The smallest absolute Gasteiger partial charge is 0.326 e. The number of nitro benzene ring substituents is 1. The second-order valence-electron chi connectivity index (χ2n) is 4.74. The van der Waals surface area contributed by atoms with E-state index in [4.69, 9.17) is 9.84 Å². The lowest BCUT2D eigenvalue weighted by atomic mass is 10.2. The molecule has 8 nitrogen and oxygen atoms in total. The summed E-state index contributed by atoms with van der Waals surface area (Å²) in [6.07, 6.45) is 0.974. The average molecular weight is 312 g/mol. The molecule has 0 aliphatic carbocycles. The van der Waals surface area contributed by atoms with Gasteiger partial charge in [0, 0.05) is 18.7 Å². The van der Waals surface area contributed by atoms with E-state index in [1.807, 2.05) is 0 Å². The van der Waals surface area contributed by atoms with Gasteiger partial charge < -0.3 is 14.7 Å². The second kappa shape index (κ2) is 6.37. The minimum Gasteiger partial charge on any atom is -0.484 e. The number of rotatable bonds is 5. The number of carbonyl (C=O) groups excluding carboxylic acids is 1. The second-order valence-corrected chi connectivity index (χ2v) is 4.74. The van der Waals surface area contributed by atoms with Gasteiger partial charge in [-0.25, -0.2) is 4.79 Å². The highest BCUT2D eigenvalue weighted by Gasteiger charge is 2.34. The first-order chi connectivity index (χ1) is 10.4. The molecule has 0 saturated carbocycles. The number of hydrogen-bond donors (Lipinski definition) is 1. The maximum absolute atomic E-state index is 13.4. The maximum atomic E-state index is 13.4. The van der Waals surface area contributed by atoms with Crippen molar-refractivity contribution in [1.82, 2.24) is 4.90 Å². The fourth-order valence-corrected chi connectivity index (χ4v) is 2.28. The van der Waals surface area contributed by atoms with Crippen molar-refractivity contribution in [1.29, 1.82) is 0 Å². The van der Waals surface area contributed by atoms with Gasteiger partial charge in [-0.3, -0.25) is 14.9 Å². The highest BCUT2D eigenvalue weighted by Crippen LogP contribution is 2.23. The van der Waals surface area contributed by atoms with E-state index in [9.17, 15) is 24.1 Å². The Balaban J connectivity index is 1.98. The van der Waals surface area contributed by atoms with Crippen LogP contribution in [0.2, 0.25) is 0 Å². The lowest BCUT2D eigenvalue weighted by Gasteiger charge is -2.21. The monoisotopic (exact) mass is 312 g/mol. The molecule has 9 heteroatoms. The van der Waals surface area contributed by atoms with Crippen LogP contribution in [0, 0.1) is 15.9 Å².